The van der Waals surface area contributed by atoms with E-state index in [0.717, 1.165) is 57.2 Å². The molecule has 2 aliphatic rings. The molecule has 4 N–H and O–H groups in total. The second-order valence-electron chi connectivity index (χ2n) is 10.5. The van der Waals surface area contributed by atoms with Crippen LogP contribution in [0.15, 0.2) is 59.9 Å². The molecule has 0 amide bonds. The van der Waals surface area contributed by atoms with Crippen LogP contribution in [0.1, 0.15) is 54.8 Å². The first kappa shape index (κ1) is 25.9. The first-order chi connectivity index (χ1) is 17.9. The number of H-pyrrole nitrogens is 1. The highest BCUT2D eigenvalue weighted by Gasteiger charge is 2.31. The van der Waals surface area contributed by atoms with Gasteiger partial charge in [-0.05, 0) is 98.7 Å². The Labute approximate surface area is 218 Å². The van der Waals surface area contributed by atoms with Crippen LogP contribution in [-0.2, 0) is 22.9 Å². The zero-order valence-corrected chi connectivity index (χ0v) is 21.7. The van der Waals surface area contributed by atoms with Crippen LogP contribution in [-0.4, -0.2) is 42.6 Å². The first-order valence-corrected chi connectivity index (χ1v) is 14.6. The minimum absolute atomic E-state index is 0.264. The van der Waals surface area contributed by atoms with Crippen molar-refractivity contribution in [2.45, 2.75) is 61.8 Å². The Morgan fingerprint density at radius 3 is 2.51 bits per heavy atom. The zero-order valence-electron chi connectivity index (χ0n) is 20.9. The van der Waals surface area contributed by atoms with Crippen LogP contribution in [0.25, 0.3) is 0 Å². The van der Waals surface area contributed by atoms with Crippen molar-refractivity contribution in [2.24, 2.45) is 11.8 Å². The maximum atomic E-state index is 13.9. The number of aryl methyl sites for hydroxylation is 1. The minimum atomic E-state index is -3.84. The van der Waals surface area contributed by atoms with Crippen molar-refractivity contribution in [2.75, 3.05) is 13.1 Å². The Hall–Kier alpha value is -2.75. The van der Waals surface area contributed by atoms with E-state index in [4.69, 9.17) is 0 Å². The van der Waals surface area contributed by atoms with Crippen molar-refractivity contribution in [3.8, 4) is 5.75 Å². The number of aromatic amines is 1. The van der Waals surface area contributed by atoms with Crippen LogP contribution in [0.3, 0.4) is 0 Å². The number of phenols is 1. The molecular formula is C28H35FN4O3S. The Balaban J connectivity index is 1.14. The number of phenolic OH excluding ortho intramolecular Hbond substituents is 1. The van der Waals surface area contributed by atoms with Crippen molar-refractivity contribution in [3.05, 3.63) is 77.6 Å². The van der Waals surface area contributed by atoms with Gasteiger partial charge in [0.25, 0.3) is 0 Å². The normalized spacial score (nSPS) is 24.0. The lowest BCUT2D eigenvalue weighted by atomic mass is 9.76. The maximum absolute atomic E-state index is 13.9. The van der Waals surface area contributed by atoms with Gasteiger partial charge in [-0.1, -0.05) is 18.2 Å². The third-order valence-corrected chi connectivity index (χ3v) is 9.51. The van der Waals surface area contributed by atoms with E-state index in [0.29, 0.717) is 30.2 Å². The topological polar surface area (TPSA) is 107 Å². The average Bonchev–Trinajstić information content (AvgIpc) is 3.41. The highest BCUT2D eigenvalue weighted by Crippen LogP contribution is 2.36. The van der Waals surface area contributed by atoms with Gasteiger partial charge in [0.15, 0.2) is 0 Å². The number of hydrogen-bond acceptors (Lipinski definition) is 5. The van der Waals surface area contributed by atoms with Gasteiger partial charge in [0, 0.05) is 30.4 Å². The molecule has 37 heavy (non-hydrogen) atoms. The molecule has 1 heterocycles. The third kappa shape index (κ3) is 6.22. The summed E-state index contributed by atoms with van der Waals surface area (Å²) in [4.78, 5) is 7.13. The molecule has 2 aromatic carbocycles. The molecule has 0 bridgehead atoms. The van der Waals surface area contributed by atoms with Gasteiger partial charge in [-0.25, -0.2) is 22.5 Å². The number of imidazole rings is 1. The lowest BCUT2D eigenvalue weighted by Gasteiger charge is -2.36. The highest BCUT2D eigenvalue weighted by atomic mass is 32.2. The van der Waals surface area contributed by atoms with Gasteiger partial charge in [-0.3, -0.25) is 0 Å². The summed E-state index contributed by atoms with van der Waals surface area (Å²) >= 11 is 0. The molecule has 0 radical (unpaired) electrons. The molecule has 0 spiro atoms. The van der Waals surface area contributed by atoms with Gasteiger partial charge in [0.1, 0.15) is 16.5 Å². The van der Waals surface area contributed by atoms with Gasteiger partial charge >= 0.3 is 0 Å². The summed E-state index contributed by atoms with van der Waals surface area (Å²) in [5, 5.41) is 13.8. The molecule has 0 unspecified atom stereocenters. The van der Waals surface area contributed by atoms with Crippen LogP contribution in [0.2, 0.25) is 0 Å². The number of halogens is 1. The molecule has 0 aliphatic heterocycles. The van der Waals surface area contributed by atoms with Gasteiger partial charge in [0.2, 0.25) is 10.0 Å². The molecule has 2 aliphatic carbocycles. The van der Waals surface area contributed by atoms with E-state index in [2.05, 4.69) is 26.1 Å². The molecule has 2 atom stereocenters. The van der Waals surface area contributed by atoms with Gasteiger partial charge in [-0.2, -0.15) is 0 Å². The predicted octanol–water partition coefficient (Wildman–Crippen LogP) is 4.27. The standard InChI is InChI=1S/C28H35FN4O3S/c29-26-3-1-2-4-28(26)37(35,36)33-16-20-7-5-19(6-8-20)15-31-27-12-9-21-13-23(34)10-11-24(21)25(27)14-22-17-30-18-32-22/h1-4,10-11,13,17-20,25,27,31,33-34H,5-9,12,14-16H2,(H,30,32)/t19?,20?,25-,27+/m0/s1. The molecular weight excluding hydrogens is 491 g/mol. The van der Waals surface area contributed by atoms with E-state index >= 15 is 0 Å². The molecule has 1 aromatic heterocycles. The number of nitrogens with one attached hydrogen (secondary N) is 3. The SMILES string of the molecule is O=S(=O)(NCC1CCC(CN[C@@H]2CCc3cc(O)ccc3[C@@H]2Cc2cnc[nH]2)CC1)c1ccccc1F. The zero-order chi connectivity index (χ0) is 25.8. The monoisotopic (exact) mass is 526 g/mol. The minimum Gasteiger partial charge on any atom is -0.508 e. The number of rotatable bonds is 9. The number of nitrogens with zero attached hydrogens (tertiary/aromatic N) is 1. The third-order valence-electron chi connectivity index (χ3n) is 8.05. The summed E-state index contributed by atoms with van der Waals surface area (Å²) in [5.74, 6) is 0.707. The van der Waals surface area contributed by atoms with E-state index in [9.17, 15) is 17.9 Å². The smallest absolute Gasteiger partial charge is 0.243 e. The second-order valence-corrected chi connectivity index (χ2v) is 12.2. The molecule has 7 nitrogen and oxygen atoms in total. The van der Waals surface area contributed by atoms with Crippen molar-refractivity contribution in [1.82, 2.24) is 20.0 Å². The van der Waals surface area contributed by atoms with Crippen molar-refractivity contribution in [1.29, 1.82) is 0 Å². The van der Waals surface area contributed by atoms with E-state index in [1.807, 2.05) is 12.3 Å². The molecule has 1 fully saturated rings. The van der Waals surface area contributed by atoms with Crippen LogP contribution < -0.4 is 10.0 Å². The predicted molar refractivity (Wildman–Crippen MR) is 140 cm³/mol. The molecule has 3 aromatic rings. The first-order valence-electron chi connectivity index (χ1n) is 13.2. The average molecular weight is 527 g/mol. The van der Waals surface area contributed by atoms with E-state index in [1.165, 1.54) is 35.4 Å². The fraction of sp³-hybridized carbons (Fsp3) is 0.464. The van der Waals surface area contributed by atoms with Crippen molar-refractivity contribution >= 4 is 10.0 Å². The molecule has 1 saturated carbocycles. The second kappa shape index (κ2) is 11.3. The summed E-state index contributed by atoms with van der Waals surface area (Å²) in [5.41, 5.74) is 3.62. The fourth-order valence-corrected chi connectivity index (χ4v) is 7.15. The Morgan fingerprint density at radius 1 is 1.03 bits per heavy atom. The van der Waals surface area contributed by atoms with Gasteiger partial charge in [-0.15, -0.1) is 0 Å². The van der Waals surface area contributed by atoms with Crippen molar-refractivity contribution in [3.63, 3.8) is 0 Å². The Kier molecular flexibility index (Phi) is 7.92. The Bertz CT molecular complexity index is 1290. The number of sulfonamides is 1. The number of aromatic nitrogens is 2. The van der Waals surface area contributed by atoms with E-state index < -0.39 is 15.8 Å². The molecule has 5 rings (SSSR count). The molecule has 9 heteroatoms. The van der Waals surface area contributed by atoms with Crippen LogP contribution in [0.5, 0.6) is 5.75 Å². The summed E-state index contributed by atoms with van der Waals surface area (Å²) in [7, 11) is -3.84. The largest absolute Gasteiger partial charge is 0.508 e. The van der Waals surface area contributed by atoms with Gasteiger partial charge < -0.3 is 15.4 Å². The summed E-state index contributed by atoms with van der Waals surface area (Å²) < 4.78 is 41.6. The molecule has 0 saturated heterocycles. The van der Waals surface area contributed by atoms with Crippen molar-refractivity contribution < 1.29 is 17.9 Å². The van der Waals surface area contributed by atoms with E-state index in [-0.39, 0.29) is 10.8 Å². The number of aromatic hydroxyl groups is 1. The maximum Gasteiger partial charge on any atom is 0.243 e. The fourth-order valence-electron chi connectivity index (χ4n) is 5.95. The Morgan fingerprint density at radius 2 is 1.78 bits per heavy atom. The van der Waals surface area contributed by atoms with Crippen LogP contribution >= 0.6 is 0 Å². The van der Waals surface area contributed by atoms with Crippen LogP contribution in [0, 0.1) is 17.7 Å². The van der Waals surface area contributed by atoms with E-state index in [1.54, 1.807) is 12.4 Å². The van der Waals surface area contributed by atoms with Crippen LogP contribution in [0.4, 0.5) is 4.39 Å². The molecule has 198 valence electrons. The lowest BCUT2D eigenvalue weighted by Crippen LogP contribution is -2.42. The summed E-state index contributed by atoms with van der Waals surface area (Å²) in [6, 6.07) is 11.6. The van der Waals surface area contributed by atoms with Gasteiger partial charge in [0.05, 0.1) is 6.33 Å². The number of fused-ring (bicyclic) bond motifs is 1. The lowest BCUT2D eigenvalue weighted by molar-refractivity contribution is 0.252. The summed E-state index contributed by atoms with van der Waals surface area (Å²) in [6.45, 7) is 1.28. The quantitative estimate of drug-likeness (QED) is 0.333. The number of benzene rings is 2. The summed E-state index contributed by atoms with van der Waals surface area (Å²) in [6.07, 6.45) is 10.4. The highest BCUT2D eigenvalue weighted by molar-refractivity contribution is 7.89. The number of hydrogen-bond donors (Lipinski definition) is 4.